The molecule has 0 aromatic heterocycles. The van der Waals surface area contributed by atoms with E-state index in [0.717, 1.165) is 25.0 Å². The SMILES string of the molecule is O=C(ON1C(=O)c2ccccc2C1=O)c1ccc(C2CCCOC2)cc1. The molecule has 0 radical (unpaired) electrons. The largest absolute Gasteiger partial charge is 0.381 e. The summed E-state index contributed by atoms with van der Waals surface area (Å²) < 4.78 is 5.48. The zero-order valence-corrected chi connectivity index (χ0v) is 14.0. The van der Waals surface area contributed by atoms with Crippen LogP contribution >= 0.6 is 0 Å². The summed E-state index contributed by atoms with van der Waals surface area (Å²) in [6.07, 6.45) is 2.08. The number of nitrogens with zero attached hydrogens (tertiary/aromatic N) is 1. The molecule has 0 aliphatic carbocycles. The number of hydrogen-bond acceptors (Lipinski definition) is 5. The van der Waals surface area contributed by atoms with Crippen molar-refractivity contribution in [3.63, 3.8) is 0 Å². The molecule has 1 fully saturated rings. The first kappa shape index (κ1) is 16.5. The summed E-state index contributed by atoms with van der Waals surface area (Å²) in [5, 5.41) is 0.524. The van der Waals surface area contributed by atoms with E-state index in [4.69, 9.17) is 9.57 Å². The van der Waals surface area contributed by atoms with Gasteiger partial charge in [-0.05, 0) is 42.7 Å². The van der Waals surface area contributed by atoms with Crippen LogP contribution in [0.2, 0.25) is 0 Å². The van der Waals surface area contributed by atoms with Gasteiger partial charge in [-0.15, -0.1) is 0 Å². The highest BCUT2D eigenvalue weighted by Crippen LogP contribution is 2.26. The molecule has 1 saturated heterocycles. The fourth-order valence-electron chi connectivity index (χ4n) is 3.28. The van der Waals surface area contributed by atoms with E-state index in [1.54, 1.807) is 24.3 Å². The van der Waals surface area contributed by atoms with E-state index in [0.29, 0.717) is 17.6 Å². The van der Waals surface area contributed by atoms with Gasteiger partial charge < -0.3 is 9.57 Å². The summed E-state index contributed by atoms with van der Waals surface area (Å²) in [5.74, 6) is -1.68. The number of hydroxylamine groups is 2. The highest BCUT2D eigenvalue weighted by atomic mass is 16.7. The Labute approximate surface area is 150 Å². The molecule has 1 atom stereocenters. The standard InChI is InChI=1S/C20H17NO5/c22-18-16-5-1-2-6-17(16)19(23)21(18)26-20(24)14-9-7-13(8-10-14)15-4-3-11-25-12-15/h1-2,5-10,15H,3-4,11-12H2. The van der Waals surface area contributed by atoms with Crippen molar-refractivity contribution in [3.05, 3.63) is 70.8 Å². The highest BCUT2D eigenvalue weighted by molar-refractivity contribution is 6.21. The summed E-state index contributed by atoms with van der Waals surface area (Å²) in [4.78, 5) is 41.9. The lowest BCUT2D eigenvalue weighted by atomic mass is 9.93. The Hall–Kier alpha value is -2.99. The molecule has 2 aromatic carbocycles. The molecule has 2 amide bonds. The van der Waals surface area contributed by atoms with Crippen LogP contribution in [-0.2, 0) is 9.57 Å². The van der Waals surface area contributed by atoms with E-state index in [1.807, 2.05) is 12.1 Å². The van der Waals surface area contributed by atoms with E-state index in [9.17, 15) is 14.4 Å². The van der Waals surface area contributed by atoms with Gasteiger partial charge >= 0.3 is 5.97 Å². The van der Waals surface area contributed by atoms with Gasteiger partial charge in [0.1, 0.15) is 0 Å². The first-order chi connectivity index (χ1) is 12.6. The van der Waals surface area contributed by atoms with Crippen LogP contribution in [0.1, 0.15) is 55.4 Å². The van der Waals surface area contributed by atoms with Crippen LogP contribution in [-0.4, -0.2) is 36.1 Å². The van der Waals surface area contributed by atoms with Crippen molar-refractivity contribution in [2.45, 2.75) is 18.8 Å². The second-order valence-electron chi connectivity index (χ2n) is 6.37. The minimum Gasteiger partial charge on any atom is -0.381 e. The molecule has 1 unspecified atom stereocenters. The minimum absolute atomic E-state index is 0.234. The van der Waals surface area contributed by atoms with Crippen LogP contribution in [0.15, 0.2) is 48.5 Å². The number of hydrogen-bond donors (Lipinski definition) is 0. The Morgan fingerprint density at radius 3 is 2.23 bits per heavy atom. The summed E-state index contributed by atoms with van der Waals surface area (Å²) in [7, 11) is 0. The predicted molar refractivity (Wildman–Crippen MR) is 91.6 cm³/mol. The monoisotopic (exact) mass is 351 g/mol. The van der Waals surface area contributed by atoms with Crippen molar-refractivity contribution in [1.82, 2.24) is 5.06 Å². The molecule has 0 bridgehead atoms. The van der Waals surface area contributed by atoms with Gasteiger partial charge in [0, 0.05) is 12.5 Å². The smallest absolute Gasteiger partial charge is 0.363 e. The second-order valence-corrected chi connectivity index (χ2v) is 6.37. The number of amides is 2. The van der Waals surface area contributed by atoms with Crippen molar-refractivity contribution in [2.75, 3.05) is 13.2 Å². The molecular weight excluding hydrogens is 334 g/mol. The summed E-state index contributed by atoms with van der Waals surface area (Å²) in [6.45, 7) is 1.47. The van der Waals surface area contributed by atoms with Crippen LogP contribution in [0.3, 0.4) is 0 Å². The Morgan fingerprint density at radius 2 is 1.65 bits per heavy atom. The lowest BCUT2D eigenvalue weighted by molar-refractivity contribution is -0.0584. The average Bonchev–Trinajstić information content (AvgIpc) is 2.94. The van der Waals surface area contributed by atoms with Crippen LogP contribution in [0.5, 0.6) is 0 Å². The predicted octanol–water partition coefficient (Wildman–Crippen LogP) is 2.95. The van der Waals surface area contributed by atoms with E-state index >= 15 is 0 Å². The van der Waals surface area contributed by atoms with Gasteiger partial charge in [-0.25, -0.2) is 4.79 Å². The number of benzene rings is 2. The normalized spacial score (nSPS) is 19.4. The fourth-order valence-corrected chi connectivity index (χ4v) is 3.28. The van der Waals surface area contributed by atoms with Crippen molar-refractivity contribution < 1.29 is 24.0 Å². The van der Waals surface area contributed by atoms with Crippen molar-refractivity contribution in [3.8, 4) is 0 Å². The van der Waals surface area contributed by atoms with E-state index in [2.05, 4.69) is 0 Å². The van der Waals surface area contributed by atoms with Crippen molar-refractivity contribution in [2.24, 2.45) is 0 Å². The maximum atomic E-state index is 12.3. The Bertz CT molecular complexity index is 833. The molecule has 2 aromatic rings. The van der Waals surface area contributed by atoms with Crippen LogP contribution in [0.4, 0.5) is 0 Å². The number of carbonyl (C=O) groups excluding carboxylic acids is 3. The maximum Gasteiger partial charge on any atom is 0.363 e. The number of imide groups is 1. The van der Waals surface area contributed by atoms with E-state index in [-0.39, 0.29) is 16.7 Å². The molecule has 0 spiro atoms. The number of carbonyl (C=O) groups is 3. The number of rotatable bonds is 3. The van der Waals surface area contributed by atoms with Gasteiger partial charge in [0.25, 0.3) is 11.8 Å². The molecule has 2 aliphatic heterocycles. The summed E-state index contributed by atoms with van der Waals surface area (Å²) >= 11 is 0. The molecule has 6 heteroatoms. The van der Waals surface area contributed by atoms with Crippen LogP contribution < -0.4 is 0 Å². The van der Waals surface area contributed by atoms with Crippen molar-refractivity contribution >= 4 is 17.8 Å². The van der Waals surface area contributed by atoms with Crippen molar-refractivity contribution in [1.29, 1.82) is 0 Å². The molecule has 0 N–H and O–H groups in total. The quantitative estimate of drug-likeness (QED) is 0.795. The molecule has 2 aliphatic rings. The topological polar surface area (TPSA) is 72.9 Å². The minimum atomic E-state index is -0.744. The third-order valence-electron chi connectivity index (χ3n) is 4.71. The maximum absolute atomic E-state index is 12.3. The first-order valence-corrected chi connectivity index (χ1v) is 8.53. The van der Waals surface area contributed by atoms with Crippen LogP contribution in [0, 0.1) is 0 Å². The number of ether oxygens (including phenoxy) is 1. The highest BCUT2D eigenvalue weighted by Gasteiger charge is 2.38. The average molecular weight is 351 g/mol. The summed E-state index contributed by atoms with van der Waals surface area (Å²) in [5.41, 5.74) is 1.85. The molecule has 4 rings (SSSR count). The Kier molecular flexibility index (Phi) is 4.26. The second kappa shape index (κ2) is 6.72. The molecule has 2 heterocycles. The van der Waals surface area contributed by atoms with Gasteiger partial charge in [0.2, 0.25) is 0 Å². The zero-order chi connectivity index (χ0) is 18.1. The lowest BCUT2D eigenvalue weighted by Gasteiger charge is -2.22. The third kappa shape index (κ3) is 2.88. The van der Waals surface area contributed by atoms with Crippen LogP contribution in [0.25, 0.3) is 0 Å². The third-order valence-corrected chi connectivity index (χ3v) is 4.71. The van der Waals surface area contributed by atoms with E-state index < -0.39 is 17.8 Å². The molecular formula is C20H17NO5. The number of fused-ring (bicyclic) bond motifs is 1. The summed E-state index contributed by atoms with van der Waals surface area (Å²) in [6, 6.07) is 13.4. The van der Waals surface area contributed by atoms with Gasteiger partial charge in [-0.2, -0.15) is 0 Å². The van der Waals surface area contributed by atoms with Gasteiger partial charge in [-0.3, -0.25) is 9.59 Å². The molecule has 6 nitrogen and oxygen atoms in total. The fraction of sp³-hybridized carbons (Fsp3) is 0.250. The van der Waals surface area contributed by atoms with Gasteiger partial charge in [-0.1, -0.05) is 29.3 Å². The Morgan fingerprint density at radius 1 is 1.00 bits per heavy atom. The molecule has 132 valence electrons. The Balaban J connectivity index is 1.47. The first-order valence-electron chi connectivity index (χ1n) is 8.53. The molecule has 26 heavy (non-hydrogen) atoms. The lowest BCUT2D eigenvalue weighted by Crippen LogP contribution is -2.32. The van der Waals surface area contributed by atoms with Gasteiger partial charge in [0.05, 0.1) is 23.3 Å². The molecule has 0 saturated carbocycles. The van der Waals surface area contributed by atoms with E-state index in [1.165, 1.54) is 12.1 Å². The zero-order valence-electron chi connectivity index (χ0n) is 14.0. The van der Waals surface area contributed by atoms with Gasteiger partial charge in [0.15, 0.2) is 0 Å².